The van der Waals surface area contributed by atoms with Crippen LogP contribution in [0.2, 0.25) is 0 Å². The van der Waals surface area contributed by atoms with Gasteiger partial charge in [-0.25, -0.2) is 0 Å². The third kappa shape index (κ3) is 11.8. The number of rotatable bonds is 11. The average molecular weight is 622 g/mol. The van der Waals surface area contributed by atoms with Gasteiger partial charge >= 0.3 is 5.97 Å². The number of para-hydroxylation sites is 1. The maximum absolute atomic E-state index is 12.6. The number of nitrogens with zero attached hydrogens (tertiary/aromatic N) is 3. The highest BCUT2D eigenvalue weighted by atomic mass is 16.5. The Labute approximate surface area is 272 Å². The molecule has 0 bridgehead atoms. The minimum Gasteiger partial charge on any atom is -0.484 e. The van der Waals surface area contributed by atoms with Gasteiger partial charge in [-0.2, -0.15) is 0 Å². The molecule has 1 N–H and O–H groups in total. The third-order valence-corrected chi connectivity index (χ3v) is 9.54. The van der Waals surface area contributed by atoms with E-state index in [1.165, 1.54) is 24.8 Å². The molecule has 1 saturated carbocycles. The van der Waals surface area contributed by atoms with Crippen LogP contribution in [0.3, 0.4) is 0 Å². The van der Waals surface area contributed by atoms with Gasteiger partial charge in [0.05, 0.1) is 0 Å². The van der Waals surface area contributed by atoms with E-state index in [0.717, 1.165) is 83.4 Å². The van der Waals surface area contributed by atoms with Crippen molar-refractivity contribution in [3.05, 3.63) is 66.2 Å². The van der Waals surface area contributed by atoms with Crippen LogP contribution >= 0.6 is 0 Å². The molecule has 2 aromatic rings. The predicted molar refractivity (Wildman–Crippen MR) is 184 cm³/mol. The Morgan fingerprint density at radius 2 is 1.51 bits per heavy atom. The minimum absolute atomic E-state index is 0.117. The number of benzene rings is 2. The number of carboxylic acid groups (broad SMARTS) is 1. The largest absolute Gasteiger partial charge is 0.484 e. The maximum atomic E-state index is 12.6. The first kappa shape index (κ1) is 36.6. The Morgan fingerprint density at radius 1 is 0.889 bits per heavy atom. The average Bonchev–Trinajstić information content (AvgIpc) is 3.57. The number of hydrogen-bond acceptors (Lipinski definition) is 5. The molecule has 2 aliphatic heterocycles. The zero-order valence-electron chi connectivity index (χ0n) is 28.4. The van der Waals surface area contributed by atoms with Gasteiger partial charge in [-0.05, 0) is 94.7 Å². The lowest BCUT2D eigenvalue weighted by molar-refractivity contribution is -0.145. The van der Waals surface area contributed by atoms with Gasteiger partial charge < -0.3 is 19.6 Å². The van der Waals surface area contributed by atoms with Crippen molar-refractivity contribution in [2.45, 2.75) is 103 Å². The van der Waals surface area contributed by atoms with Crippen LogP contribution in [0.25, 0.3) is 0 Å². The minimum atomic E-state index is -0.615. The summed E-state index contributed by atoms with van der Waals surface area (Å²) in [5.74, 6) is 1.11. The van der Waals surface area contributed by atoms with Gasteiger partial charge in [0.15, 0.2) is 6.61 Å². The first-order valence-corrected chi connectivity index (χ1v) is 17.6. The van der Waals surface area contributed by atoms with Gasteiger partial charge in [-0.1, -0.05) is 95.0 Å². The second-order valence-electron chi connectivity index (χ2n) is 12.6. The summed E-state index contributed by atoms with van der Waals surface area (Å²) in [5.41, 5.74) is 1.35. The quantitative estimate of drug-likeness (QED) is 0.283. The molecule has 2 saturated heterocycles. The van der Waals surface area contributed by atoms with Gasteiger partial charge in [-0.3, -0.25) is 14.5 Å². The SMILES string of the molecule is CC.CCCCN(C(=O)COc1ccccc1)C1CCN(C)CC1.O=C(O)C(C1CCCCC1)N1CCC(c2ccccc2)C1. The fourth-order valence-corrected chi connectivity index (χ4v) is 7.03. The van der Waals surface area contributed by atoms with E-state index in [2.05, 4.69) is 52.9 Å². The molecule has 45 heavy (non-hydrogen) atoms. The van der Waals surface area contributed by atoms with Crippen molar-refractivity contribution < 1.29 is 19.4 Å². The summed E-state index contributed by atoms with van der Waals surface area (Å²) in [4.78, 5) is 31.0. The second-order valence-corrected chi connectivity index (χ2v) is 12.6. The lowest BCUT2D eigenvalue weighted by Crippen LogP contribution is -2.48. The van der Waals surface area contributed by atoms with Crippen molar-refractivity contribution in [1.82, 2.24) is 14.7 Å². The van der Waals surface area contributed by atoms with E-state index in [1.807, 2.05) is 50.2 Å². The van der Waals surface area contributed by atoms with Gasteiger partial charge in [-0.15, -0.1) is 0 Å². The molecule has 250 valence electrons. The molecule has 2 unspecified atom stereocenters. The monoisotopic (exact) mass is 621 g/mol. The number of carbonyl (C=O) groups excluding carboxylic acids is 1. The molecular formula is C38H59N3O4. The molecule has 1 aliphatic carbocycles. The van der Waals surface area contributed by atoms with E-state index in [-0.39, 0.29) is 18.6 Å². The Balaban J connectivity index is 0.000000233. The van der Waals surface area contributed by atoms with Crippen LogP contribution in [-0.2, 0) is 9.59 Å². The number of unbranched alkanes of at least 4 members (excludes halogenated alkanes) is 1. The molecule has 2 heterocycles. The molecule has 3 fully saturated rings. The normalized spacial score (nSPS) is 20.2. The summed E-state index contributed by atoms with van der Waals surface area (Å²) < 4.78 is 5.64. The number of ether oxygens (including phenoxy) is 1. The first-order valence-electron chi connectivity index (χ1n) is 17.6. The lowest BCUT2D eigenvalue weighted by atomic mass is 9.83. The number of hydrogen-bond donors (Lipinski definition) is 1. The van der Waals surface area contributed by atoms with Gasteiger partial charge in [0.2, 0.25) is 0 Å². The molecule has 2 atom stereocenters. The molecule has 2 aromatic carbocycles. The fraction of sp³-hybridized carbons (Fsp3) is 0.632. The maximum Gasteiger partial charge on any atom is 0.321 e. The topological polar surface area (TPSA) is 73.3 Å². The summed E-state index contributed by atoms with van der Waals surface area (Å²) in [6, 6.07) is 20.2. The highest BCUT2D eigenvalue weighted by molar-refractivity contribution is 5.78. The van der Waals surface area contributed by atoms with Gasteiger partial charge in [0.1, 0.15) is 11.8 Å². The van der Waals surface area contributed by atoms with E-state index >= 15 is 0 Å². The first-order chi connectivity index (χ1) is 22.0. The van der Waals surface area contributed by atoms with E-state index in [9.17, 15) is 14.7 Å². The Kier molecular flexibility index (Phi) is 16.5. The van der Waals surface area contributed by atoms with Crippen LogP contribution < -0.4 is 4.74 Å². The van der Waals surface area contributed by atoms with E-state index in [0.29, 0.717) is 17.9 Å². The van der Waals surface area contributed by atoms with Crippen molar-refractivity contribution in [2.75, 3.05) is 46.4 Å². The Morgan fingerprint density at radius 3 is 2.11 bits per heavy atom. The van der Waals surface area contributed by atoms with Gasteiger partial charge in [0, 0.05) is 19.1 Å². The van der Waals surface area contributed by atoms with Crippen LogP contribution in [-0.4, -0.2) is 90.1 Å². The number of carbonyl (C=O) groups is 2. The standard InChI is InChI=1S/C18H28N2O2.C18H25NO2.C2H6/c1-3-4-12-20(16-10-13-19(2)14-11-16)18(21)15-22-17-8-6-5-7-9-17;20-18(21)17(15-9-5-2-6-10-15)19-12-11-16(13-19)14-7-3-1-4-8-14;1-2/h5-9,16H,3-4,10-15H2,1-2H3;1,3-4,7-8,15-17H,2,5-6,9-13H2,(H,20,21);1-2H3. The second kappa shape index (κ2) is 20.3. The van der Waals surface area contributed by atoms with E-state index < -0.39 is 5.97 Å². The lowest BCUT2D eigenvalue weighted by Gasteiger charge is -2.37. The summed E-state index contributed by atoms with van der Waals surface area (Å²) >= 11 is 0. The molecule has 5 rings (SSSR count). The summed E-state index contributed by atoms with van der Waals surface area (Å²) in [6.07, 6.45) is 11.2. The molecule has 7 heteroatoms. The summed E-state index contributed by atoms with van der Waals surface area (Å²) in [7, 11) is 2.15. The molecular weight excluding hydrogens is 562 g/mol. The highest BCUT2D eigenvalue weighted by Crippen LogP contribution is 2.34. The number of likely N-dealkylation sites (tertiary alicyclic amines) is 2. The Bertz CT molecular complexity index is 1080. The van der Waals surface area contributed by atoms with E-state index in [4.69, 9.17) is 4.74 Å². The summed E-state index contributed by atoms with van der Waals surface area (Å²) in [5, 5.41) is 9.70. The van der Waals surface area contributed by atoms with Crippen molar-refractivity contribution in [3.63, 3.8) is 0 Å². The van der Waals surface area contributed by atoms with Crippen LogP contribution in [0.5, 0.6) is 5.75 Å². The third-order valence-electron chi connectivity index (χ3n) is 9.54. The van der Waals surface area contributed by atoms with Crippen molar-refractivity contribution in [1.29, 1.82) is 0 Å². The molecule has 1 amide bonds. The van der Waals surface area contributed by atoms with Crippen LogP contribution in [0.15, 0.2) is 60.7 Å². The van der Waals surface area contributed by atoms with Crippen molar-refractivity contribution in [3.8, 4) is 5.75 Å². The van der Waals surface area contributed by atoms with Crippen LogP contribution in [0, 0.1) is 5.92 Å². The smallest absolute Gasteiger partial charge is 0.321 e. The molecule has 0 aromatic heterocycles. The van der Waals surface area contributed by atoms with Gasteiger partial charge in [0.25, 0.3) is 5.91 Å². The zero-order chi connectivity index (χ0) is 32.4. The molecule has 0 radical (unpaired) electrons. The molecule has 0 spiro atoms. The van der Waals surface area contributed by atoms with Crippen molar-refractivity contribution >= 4 is 11.9 Å². The number of piperidine rings is 1. The predicted octanol–water partition coefficient (Wildman–Crippen LogP) is 7.32. The fourth-order valence-electron chi connectivity index (χ4n) is 7.03. The number of carboxylic acids is 1. The zero-order valence-corrected chi connectivity index (χ0v) is 28.4. The van der Waals surface area contributed by atoms with Crippen LogP contribution in [0.1, 0.15) is 96.5 Å². The number of aliphatic carboxylic acids is 1. The summed E-state index contributed by atoms with van der Waals surface area (Å²) in [6.45, 7) is 11.1. The Hall–Kier alpha value is -2.90. The van der Waals surface area contributed by atoms with Crippen molar-refractivity contribution in [2.24, 2.45) is 5.92 Å². The highest BCUT2D eigenvalue weighted by Gasteiger charge is 2.38. The van der Waals surface area contributed by atoms with Crippen LogP contribution in [0.4, 0.5) is 0 Å². The number of amides is 1. The molecule has 3 aliphatic rings. The van der Waals surface area contributed by atoms with E-state index in [1.54, 1.807) is 0 Å². The molecule has 7 nitrogen and oxygen atoms in total.